The maximum absolute atomic E-state index is 12.5. The van der Waals surface area contributed by atoms with Crippen LogP contribution in [0.3, 0.4) is 0 Å². The number of benzene rings is 1. The molecule has 1 atom stereocenters. The maximum Gasteiger partial charge on any atom is 0.237 e. The molecule has 1 unspecified atom stereocenters. The van der Waals surface area contributed by atoms with Crippen molar-refractivity contribution in [2.75, 3.05) is 19.6 Å². The Kier molecular flexibility index (Phi) is 4.77. The van der Waals surface area contributed by atoms with Gasteiger partial charge in [-0.15, -0.1) is 0 Å². The zero-order valence-electron chi connectivity index (χ0n) is 14.8. The first-order chi connectivity index (χ1) is 10.9. The molecule has 1 aromatic carbocycles. The van der Waals surface area contributed by atoms with Crippen molar-refractivity contribution in [1.82, 2.24) is 10.2 Å². The molecule has 1 heterocycles. The van der Waals surface area contributed by atoms with Gasteiger partial charge in [0.25, 0.3) is 0 Å². The SMILES string of the molecule is CC(C)(C)c1ccc(C2CCCN2C(=O)CNCC2CC2)cc1. The molecular weight excluding hydrogens is 284 g/mol. The van der Waals surface area contributed by atoms with Gasteiger partial charge >= 0.3 is 0 Å². The third kappa shape index (κ3) is 4.14. The number of amides is 1. The van der Waals surface area contributed by atoms with Gasteiger partial charge in [-0.05, 0) is 54.7 Å². The van der Waals surface area contributed by atoms with Gasteiger partial charge in [0.05, 0.1) is 12.6 Å². The maximum atomic E-state index is 12.5. The second-order valence-electron chi connectivity index (χ2n) is 8.19. The molecule has 23 heavy (non-hydrogen) atoms. The summed E-state index contributed by atoms with van der Waals surface area (Å²) in [4.78, 5) is 14.6. The summed E-state index contributed by atoms with van der Waals surface area (Å²) in [7, 11) is 0. The van der Waals surface area contributed by atoms with E-state index in [1.54, 1.807) is 0 Å². The average Bonchev–Trinajstić information content (AvgIpc) is 3.20. The van der Waals surface area contributed by atoms with Crippen LogP contribution in [0.1, 0.15) is 63.6 Å². The third-order valence-electron chi connectivity index (χ3n) is 5.14. The van der Waals surface area contributed by atoms with Crippen LogP contribution < -0.4 is 5.32 Å². The van der Waals surface area contributed by atoms with Crippen LogP contribution in [0, 0.1) is 5.92 Å². The van der Waals surface area contributed by atoms with E-state index in [1.165, 1.54) is 24.0 Å². The van der Waals surface area contributed by atoms with Gasteiger partial charge in [0.2, 0.25) is 5.91 Å². The molecule has 0 spiro atoms. The van der Waals surface area contributed by atoms with Crippen molar-refractivity contribution in [2.24, 2.45) is 5.92 Å². The Labute approximate surface area is 140 Å². The summed E-state index contributed by atoms with van der Waals surface area (Å²) in [5.41, 5.74) is 2.81. The number of carbonyl (C=O) groups is 1. The predicted molar refractivity (Wildman–Crippen MR) is 94.4 cm³/mol. The summed E-state index contributed by atoms with van der Waals surface area (Å²) in [6.45, 7) is 9.10. The lowest BCUT2D eigenvalue weighted by atomic mass is 9.86. The fourth-order valence-corrected chi connectivity index (χ4v) is 3.42. The van der Waals surface area contributed by atoms with E-state index in [0.717, 1.165) is 31.8 Å². The number of nitrogens with zero attached hydrogens (tertiary/aromatic N) is 1. The highest BCUT2D eigenvalue weighted by Gasteiger charge is 2.30. The van der Waals surface area contributed by atoms with Crippen molar-refractivity contribution in [3.63, 3.8) is 0 Å². The molecule has 1 amide bonds. The monoisotopic (exact) mass is 314 g/mol. The minimum absolute atomic E-state index is 0.177. The van der Waals surface area contributed by atoms with Gasteiger partial charge in [-0.25, -0.2) is 0 Å². The second-order valence-corrected chi connectivity index (χ2v) is 8.19. The minimum Gasteiger partial charge on any atom is -0.335 e. The summed E-state index contributed by atoms with van der Waals surface area (Å²) < 4.78 is 0. The Hall–Kier alpha value is -1.35. The minimum atomic E-state index is 0.177. The van der Waals surface area contributed by atoms with Crippen molar-refractivity contribution >= 4 is 5.91 Å². The van der Waals surface area contributed by atoms with Crippen molar-refractivity contribution in [2.45, 2.75) is 57.9 Å². The Morgan fingerprint density at radius 1 is 1.17 bits per heavy atom. The molecule has 1 saturated carbocycles. The molecule has 3 heteroatoms. The van der Waals surface area contributed by atoms with E-state index in [1.807, 2.05) is 0 Å². The topological polar surface area (TPSA) is 32.3 Å². The lowest BCUT2D eigenvalue weighted by Gasteiger charge is -2.26. The van der Waals surface area contributed by atoms with Crippen molar-refractivity contribution in [1.29, 1.82) is 0 Å². The fourth-order valence-electron chi connectivity index (χ4n) is 3.42. The van der Waals surface area contributed by atoms with E-state index < -0.39 is 0 Å². The van der Waals surface area contributed by atoms with Gasteiger partial charge in [0.1, 0.15) is 0 Å². The molecule has 0 radical (unpaired) electrons. The molecule has 1 aliphatic carbocycles. The highest BCUT2D eigenvalue weighted by atomic mass is 16.2. The van der Waals surface area contributed by atoms with Crippen molar-refractivity contribution in [3.8, 4) is 0 Å². The van der Waals surface area contributed by atoms with Crippen molar-refractivity contribution in [3.05, 3.63) is 35.4 Å². The van der Waals surface area contributed by atoms with Crippen LogP contribution in [0.2, 0.25) is 0 Å². The Morgan fingerprint density at radius 2 is 1.87 bits per heavy atom. The predicted octanol–water partition coefficient (Wildman–Crippen LogP) is 3.65. The summed E-state index contributed by atoms with van der Waals surface area (Å²) in [5, 5.41) is 3.33. The molecule has 1 saturated heterocycles. The summed E-state index contributed by atoms with van der Waals surface area (Å²) in [6.07, 6.45) is 4.85. The highest BCUT2D eigenvalue weighted by molar-refractivity contribution is 5.79. The van der Waals surface area contributed by atoms with Crippen LogP contribution in [0.5, 0.6) is 0 Å². The summed E-state index contributed by atoms with van der Waals surface area (Å²) in [6, 6.07) is 9.14. The first kappa shape index (κ1) is 16.5. The van der Waals surface area contributed by atoms with Gasteiger partial charge in [-0.1, -0.05) is 45.0 Å². The third-order valence-corrected chi connectivity index (χ3v) is 5.14. The summed E-state index contributed by atoms with van der Waals surface area (Å²) in [5.74, 6) is 1.08. The van der Waals surface area contributed by atoms with E-state index in [4.69, 9.17) is 0 Å². The molecule has 126 valence electrons. The number of nitrogens with one attached hydrogen (secondary N) is 1. The first-order valence-electron chi connectivity index (χ1n) is 9.06. The quantitative estimate of drug-likeness (QED) is 0.900. The van der Waals surface area contributed by atoms with E-state index in [-0.39, 0.29) is 17.4 Å². The summed E-state index contributed by atoms with van der Waals surface area (Å²) >= 11 is 0. The molecule has 0 bridgehead atoms. The molecule has 3 nitrogen and oxygen atoms in total. The normalized spacial score (nSPS) is 21.7. The molecule has 3 rings (SSSR count). The lowest BCUT2D eigenvalue weighted by molar-refractivity contribution is -0.131. The molecular formula is C20H30N2O. The number of hydrogen-bond donors (Lipinski definition) is 1. The van der Waals surface area contributed by atoms with Gasteiger partial charge in [-0.2, -0.15) is 0 Å². The fraction of sp³-hybridized carbons (Fsp3) is 0.650. The number of likely N-dealkylation sites (tertiary alicyclic amines) is 1. The highest BCUT2D eigenvalue weighted by Crippen LogP contribution is 2.33. The molecule has 1 N–H and O–H groups in total. The standard InChI is InChI=1S/C20H30N2O/c1-20(2,3)17-10-8-16(9-11-17)18-5-4-12-22(18)19(23)14-21-13-15-6-7-15/h8-11,15,18,21H,4-7,12-14H2,1-3H3. The van der Waals surface area contributed by atoms with Crippen LogP contribution in [0.25, 0.3) is 0 Å². The van der Waals surface area contributed by atoms with Crippen LogP contribution in [0.4, 0.5) is 0 Å². The largest absolute Gasteiger partial charge is 0.335 e. The van der Waals surface area contributed by atoms with Crippen molar-refractivity contribution < 1.29 is 4.79 Å². The molecule has 2 fully saturated rings. The number of rotatable bonds is 5. The molecule has 0 aromatic heterocycles. The van der Waals surface area contributed by atoms with Crippen LogP contribution in [-0.4, -0.2) is 30.4 Å². The van der Waals surface area contributed by atoms with Crippen LogP contribution in [0.15, 0.2) is 24.3 Å². The Balaban J connectivity index is 1.62. The van der Waals surface area contributed by atoms with Crippen LogP contribution in [-0.2, 0) is 10.2 Å². The number of hydrogen-bond acceptors (Lipinski definition) is 2. The van der Waals surface area contributed by atoms with E-state index in [2.05, 4.69) is 55.3 Å². The van der Waals surface area contributed by atoms with Gasteiger partial charge < -0.3 is 10.2 Å². The van der Waals surface area contributed by atoms with Gasteiger partial charge in [0, 0.05) is 6.54 Å². The van der Waals surface area contributed by atoms with Gasteiger partial charge in [0.15, 0.2) is 0 Å². The Bertz CT molecular complexity index is 540. The molecule has 1 aromatic rings. The number of carbonyl (C=O) groups excluding carboxylic acids is 1. The zero-order chi connectivity index (χ0) is 16.4. The lowest BCUT2D eigenvalue weighted by Crippen LogP contribution is -2.38. The van der Waals surface area contributed by atoms with Gasteiger partial charge in [-0.3, -0.25) is 4.79 Å². The van der Waals surface area contributed by atoms with E-state index in [0.29, 0.717) is 6.54 Å². The molecule has 1 aliphatic heterocycles. The molecule has 2 aliphatic rings. The first-order valence-corrected chi connectivity index (χ1v) is 9.06. The smallest absolute Gasteiger partial charge is 0.237 e. The van der Waals surface area contributed by atoms with E-state index in [9.17, 15) is 4.79 Å². The van der Waals surface area contributed by atoms with Crippen LogP contribution >= 0.6 is 0 Å². The van der Waals surface area contributed by atoms with E-state index >= 15 is 0 Å². The average molecular weight is 314 g/mol. The zero-order valence-corrected chi connectivity index (χ0v) is 14.8. The second kappa shape index (κ2) is 6.64. The Morgan fingerprint density at radius 3 is 2.48 bits per heavy atom.